The van der Waals surface area contributed by atoms with Gasteiger partial charge in [0, 0.05) is 37.8 Å². The highest BCUT2D eigenvalue weighted by molar-refractivity contribution is 7.89. The van der Waals surface area contributed by atoms with Crippen LogP contribution in [0.4, 0.5) is 14.5 Å². The van der Waals surface area contributed by atoms with Crippen LogP contribution in [0.5, 0.6) is 0 Å². The third-order valence-electron chi connectivity index (χ3n) is 5.16. The molecule has 1 aliphatic heterocycles. The average Bonchev–Trinajstić information content (AvgIpc) is 3.22. The fourth-order valence-corrected chi connectivity index (χ4v) is 5.12. The monoisotopic (exact) mass is 465 g/mol. The zero-order valence-corrected chi connectivity index (χ0v) is 17.3. The Morgan fingerprint density at radius 2 is 1.81 bits per heavy atom. The lowest BCUT2D eigenvalue weighted by Crippen LogP contribution is -2.50. The van der Waals surface area contributed by atoms with Gasteiger partial charge in [0.25, 0.3) is 18.0 Å². The minimum Gasteiger partial charge on any atom is -0.337 e. The van der Waals surface area contributed by atoms with Crippen molar-refractivity contribution < 1.29 is 26.9 Å². The van der Waals surface area contributed by atoms with E-state index < -0.39 is 37.8 Å². The number of H-pyrrole nitrogens is 1. The quantitative estimate of drug-likeness (QED) is 0.455. The number of amides is 1. The van der Waals surface area contributed by atoms with Crippen LogP contribution in [0.2, 0.25) is 0 Å². The number of nitro benzene ring substituents is 1. The largest absolute Gasteiger partial charge is 0.337 e. The molecule has 2 heterocycles. The maximum absolute atomic E-state index is 12.9. The number of benzene rings is 2. The number of nitro groups is 1. The Morgan fingerprint density at radius 1 is 1.12 bits per heavy atom. The third-order valence-corrected chi connectivity index (χ3v) is 7.11. The predicted molar refractivity (Wildman–Crippen MR) is 109 cm³/mol. The number of rotatable bonds is 5. The molecular formula is C19H17F2N5O5S. The second kappa shape index (κ2) is 8.24. The number of hydrogen-bond acceptors (Lipinski definition) is 6. The van der Waals surface area contributed by atoms with E-state index in [9.17, 15) is 32.1 Å². The number of carbonyl (C=O) groups is 1. The van der Waals surface area contributed by atoms with E-state index in [0.717, 1.165) is 10.4 Å². The van der Waals surface area contributed by atoms with E-state index >= 15 is 0 Å². The van der Waals surface area contributed by atoms with Crippen LogP contribution in [0.3, 0.4) is 0 Å². The van der Waals surface area contributed by atoms with Gasteiger partial charge >= 0.3 is 0 Å². The molecule has 0 saturated carbocycles. The molecule has 168 valence electrons. The predicted octanol–water partition coefficient (Wildman–Crippen LogP) is 2.56. The van der Waals surface area contributed by atoms with E-state index in [4.69, 9.17) is 0 Å². The van der Waals surface area contributed by atoms with Crippen LogP contribution in [0.1, 0.15) is 22.6 Å². The molecule has 1 saturated heterocycles. The Kier molecular flexibility index (Phi) is 5.60. The first kappa shape index (κ1) is 21.8. The third kappa shape index (κ3) is 3.91. The molecule has 32 heavy (non-hydrogen) atoms. The van der Waals surface area contributed by atoms with Crippen LogP contribution >= 0.6 is 0 Å². The van der Waals surface area contributed by atoms with Crippen molar-refractivity contribution in [3.05, 3.63) is 64.0 Å². The zero-order chi connectivity index (χ0) is 23.0. The summed E-state index contributed by atoms with van der Waals surface area (Å²) in [5.41, 5.74) is 0.333. The number of sulfonamides is 1. The fraction of sp³-hybridized carbons (Fsp3) is 0.263. The maximum atomic E-state index is 12.9. The number of aromatic amines is 1. The summed E-state index contributed by atoms with van der Waals surface area (Å²) in [6, 6.07) is 9.44. The number of alkyl halides is 2. The molecule has 13 heteroatoms. The highest BCUT2D eigenvalue weighted by Crippen LogP contribution is 2.27. The summed E-state index contributed by atoms with van der Waals surface area (Å²) >= 11 is 0. The van der Waals surface area contributed by atoms with E-state index in [-0.39, 0.29) is 37.6 Å². The van der Waals surface area contributed by atoms with Crippen LogP contribution < -0.4 is 0 Å². The number of halogens is 2. The molecule has 0 bridgehead atoms. The Morgan fingerprint density at radius 3 is 2.47 bits per heavy atom. The number of hydrogen-bond donors (Lipinski definition) is 1. The number of carbonyl (C=O) groups excluding carboxylic acids is 1. The van der Waals surface area contributed by atoms with Crippen molar-refractivity contribution in [2.45, 2.75) is 11.3 Å². The van der Waals surface area contributed by atoms with E-state index in [1.807, 2.05) is 0 Å². The molecule has 1 N–H and O–H groups in total. The lowest BCUT2D eigenvalue weighted by Gasteiger charge is -2.34. The van der Waals surface area contributed by atoms with Gasteiger partial charge < -0.3 is 9.88 Å². The number of imidazole rings is 1. The lowest BCUT2D eigenvalue weighted by molar-refractivity contribution is -0.387. The highest BCUT2D eigenvalue weighted by Gasteiger charge is 2.34. The Bertz CT molecular complexity index is 1300. The zero-order valence-electron chi connectivity index (χ0n) is 16.4. The number of piperazine rings is 1. The Labute approximate surface area is 180 Å². The molecule has 1 fully saturated rings. The molecule has 3 aromatic rings. The van der Waals surface area contributed by atoms with Crippen LogP contribution in [0.15, 0.2) is 47.4 Å². The van der Waals surface area contributed by atoms with Gasteiger partial charge in [-0.3, -0.25) is 14.9 Å². The molecule has 4 rings (SSSR count). The van der Waals surface area contributed by atoms with Crippen LogP contribution in [-0.4, -0.2) is 64.6 Å². The van der Waals surface area contributed by atoms with Crippen LogP contribution in [0, 0.1) is 10.1 Å². The number of para-hydroxylation sites is 1. The number of nitrogens with one attached hydrogen (secondary N) is 1. The fourth-order valence-electron chi connectivity index (χ4n) is 3.55. The summed E-state index contributed by atoms with van der Waals surface area (Å²) in [6.45, 7) is 0.0634. The van der Waals surface area contributed by atoms with Crippen molar-refractivity contribution in [2.24, 2.45) is 0 Å². The molecule has 0 radical (unpaired) electrons. The van der Waals surface area contributed by atoms with Crippen molar-refractivity contribution in [3.63, 3.8) is 0 Å². The molecule has 10 nitrogen and oxygen atoms in total. The molecule has 1 amide bonds. The first-order valence-electron chi connectivity index (χ1n) is 9.49. The van der Waals surface area contributed by atoms with Gasteiger partial charge in [-0.2, -0.15) is 4.31 Å². The first-order chi connectivity index (χ1) is 15.2. The van der Waals surface area contributed by atoms with Crippen molar-refractivity contribution >= 4 is 32.7 Å². The molecule has 2 aromatic carbocycles. The van der Waals surface area contributed by atoms with Crippen molar-refractivity contribution in [3.8, 4) is 0 Å². The topological polar surface area (TPSA) is 130 Å². The summed E-state index contributed by atoms with van der Waals surface area (Å²) in [5, 5.41) is 11.2. The molecule has 1 aromatic heterocycles. The standard InChI is InChI=1S/C19H17F2N5O5S/c20-17(21)18-22-13-6-5-12(11-14(13)23-18)19(27)24-7-9-25(10-8-24)32(30,31)16-4-2-1-3-15(16)26(28)29/h1-6,11,17H,7-10H2,(H,22,23). The smallest absolute Gasteiger partial charge is 0.295 e. The second-order valence-electron chi connectivity index (χ2n) is 7.08. The summed E-state index contributed by atoms with van der Waals surface area (Å²) < 4.78 is 52.6. The minimum atomic E-state index is -4.12. The van der Waals surface area contributed by atoms with Gasteiger partial charge in [-0.1, -0.05) is 12.1 Å². The normalized spacial score (nSPS) is 15.4. The van der Waals surface area contributed by atoms with Gasteiger partial charge in [-0.15, -0.1) is 0 Å². The minimum absolute atomic E-state index is 0.0397. The Hall–Kier alpha value is -3.45. The maximum Gasteiger partial charge on any atom is 0.295 e. The van der Waals surface area contributed by atoms with Crippen molar-refractivity contribution in [2.75, 3.05) is 26.2 Å². The molecule has 0 aliphatic carbocycles. The van der Waals surface area contributed by atoms with Crippen LogP contribution in [0.25, 0.3) is 11.0 Å². The van der Waals surface area contributed by atoms with Gasteiger partial charge in [0.05, 0.1) is 16.0 Å². The Balaban J connectivity index is 1.49. The van der Waals surface area contributed by atoms with Crippen molar-refractivity contribution in [1.29, 1.82) is 0 Å². The molecular weight excluding hydrogens is 448 g/mol. The summed E-state index contributed by atoms with van der Waals surface area (Å²) in [7, 11) is -4.12. The van der Waals surface area contributed by atoms with Crippen LogP contribution in [-0.2, 0) is 10.0 Å². The van der Waals surface area contributed by atoms with Gasteiger partial charge in [-0.05, 0) is 24.3 Å². The van der Waals surface area contributed by atoms with Gasteiger partial charge in [0.2, 0.25) is 10.0 Å². The second-order valence-corrected chi connectivity index (χ2v) is 8.98. The van der Waals surface area contributed by atoms with Gasteiger partial charge in [0.1, 0.15) is 0 Å². The van der Waals surface area contributed by atoms with E-state index in [0.29, 0.717) is 11.0 Å². The molecule has 0 unspecified atom stereocenters. The summed E-state index contributed by atoms with van der Waals surface area (Å²) in [5.74, 6) is -0.874. The summed E-state index contributed by atoms with van der Waals surface area (Å²) in [4.78, 5) is 30.6. The lowest BCUT2D eigenvalue weighted by atomic mass is 10.1. The molecule has 1 aliphatic rings. The summed E-state index contributed by atoms with van der Waals surface area (Å²) in [6.07, 6.45) is -2.77. The highest BCUT2D eigenvalue weighted by atomic mass is 32.2. The average molecular weight is 465 g/mol. The SMILES string of the molecule is O=C(c1ccc2nc(C(F)F)[nH]c2c1)N1CCN(S(=O)(=O)c2ccccc2[N+](=O)[O-])CC1. The van der Waals surface area contributed by atoms with E-state index in [2.05, 4.69) is 9.97 Å². The molecule has 0 atom stereocenters. The first-order valence-corrected chi connectivity index (χ1v) is 10.9. The molecule has 0 spiro atoms. The van der Waals surface area contributed by atoms with E-state index in [1.54, 1.807) is 0 Å². The number of nitrogens with zero attached hydrogens (tertiary/aromatic N) is 4. The van der Waals surface area contributed by atoms with E-state index in [1.165, 1.54) is 41.3 Å². The van der Waals surface area contributed by atoms with Crippen molar-refractivity contribution in [1.82, 2.24) is 19.2 Å². The number of aromatic nitrogens is 2. The van der Waals surface area contributed by atoms with Gasteiger partial charge in [0.15, 0.2) is 10.7 Å². The van der Waals surface area contributed by atoms with Gasteiger partial charge in [-0.25, -0.2) is 22.2 Å². The number of fused-ring (bicyclic) bond motifs is 1.